The number of hydrogen-bond acceptors (Lipinski definition) is 2. The average molecular weight is 231 g/mol. The van der Waals surface area contributed by atoms with Crippen molar-refractivity contribution < 1.29 is 4.74 Å². The summed E-state index contributed by atoms with van der Waals surface area (Å²) in [5.74, 6) is 0.741. The SMILES string of the molecule is Cc1ccc(C2NC[C@H]3CCCC[C@@H]3O2)cc1. The molecule has 1 aliphatic heterocycles. The van der Waals surface area contributed by atoms with Gasteiger partial charge in [0, 0.05) is 6.54 Å². The highest BCUT2D eigenvalue weighted by Gasteiger charge is 2.33. The van der Waals surface area contributed by atoms with Gasteiger partial charge in [0.05, 0.1) is 6.10 Å². The summed E-state index contributed by atoms with van der Waals surface area (Å²) in [5.41, 5.74) is 2.57. The zero-order valence-corrected chi connectivity index (χ0v) is 10.5. The van der Waals surface area contributed by atoms with Crippen molar-refractivity contribution in [3.8, 4) is 0 Å². The Kier molecular flexibility index (Phi) is 3.17. The van der Waals surface area contributed by atoms with Crippen LogP contribution in [0.25, 0.3) is 0 Å². The number of hydrogen-bond donors (Lipinski definition) is 1. The summed E-state index contributed by atoms with van der Waals surface area (Å²) < 4.78 is 6.21. The molecule has 17 heavy (non-hydrogen) atoms. The van der Waals surface area contributed by atoms with Crippen molar-refractivity contribution in [2.75, 3.05) is 6.54 Å². The fraction of sp³-hybridized carbons (Fsp3) is 0.600. The number of ether oxygens (including phenoxy) is 1. The van der Waals surface area contributed by atoms with Gasteiger partial charge in [-0.05, 0) is 31.2 Å². The van der Waals surface area contributed by atoms with Gasteiger partial charge >= 0.3 is 0 Å². The maximum atomic E-state index is 6.21. The summed E-state index contributed by atoms with van der Waals surface area (Å²) >= 11 is 0. The second-order valence-corrected chi connectivity index (χ2v) is 5.42. The number of nitrogens with one attached hydrogen (secondary N) is 1. The van der Waals surface area contributed by atoms with Gasteiger partial charge in [-0.3, -0.25) is 5.32 Å². The largest absolute Gasteiger partial charge is 0.356 e. The fourth-order valence-electron chi connectivity index (χ4n) is 3.01. The first-order chi connectivity index (χ1) is 8.33. The summed E-state index contributed by atoms with van der Waals surface area (Å²) in [7, 11) is 0. The Bertz CT molecular complexity index is 373. The van der Waals surface area contributed by atoms with Crippen LogP contribution in [0.2, 0.25) is 0 Å². The Morgan fingerprint density at radius 1 is 1.12 bits per heavy atom. The van der Waals surface area contributed by atoms with E-state index in [0.29, 0.717) is 6.10 Å². The second kappa shape index (κ2) is 4.79. The number of fused-ring (bicyclic) bond motifs is 1. The molecule has 1 aromatic rings. The zero-order valence-electron chi connectivity index (χ0n) is 10.5. The Hall–Kier alpha value is -0.860. The summed E-state index contributed by atoms with van der Waals surface area (Å²) in [6, 6.07) is 8.67. The monoisotopic (exact) mass is 231 g/mol. The summed E-state index contributed by atoms with van der Waals surface area (Å²) in [6.07, 6.45) is 5.88. The molecule has 1 aliphatic carbocycles. The van der Waals surface area contributed by atoms with Crippen LogP contribution < -0.4 is 5.32 Å². The summed E-state index contributed by atoms with van der Waals surface area (Å²) in [5, 5.41) is 3.53. The van der Waals surface area contributed by atoms with Crippen LogP contribution in [0.1, 0.15) is 43.0 Å². The maximum absolute atomic E-state index is 6.21. The van der Waals surface area contributed by atoms with Crippen LogP contribution in [0.4, 0.5) is 0 Å². The van der Waals surface area contributed by atoms with Gasteiger partial charge in [-0.2, -0.15) is 0 Å². The molecule has 1 saturated carbocycles. The molecular formula is C15H21NO. The van der Waals surface area contributed by atoms with E-state index in [4.69, 9.17) is 4.74 Å². The van der Waals surface area contributed by atoms with Gasteiger partial charge in [0.2, 0.25) is 0 Å². The van der Waals surface area contributed by atoms with Crippen LogP contribution in [-0.2, 0) is 4.74 Å². The first-order valence-corrected chi connectivity index (χ1v) is 6.78. The lowest BCUT2D eigenvalue weighted by atomic mass is 9.85. The summed E-state index contributed by atoms with van der Waals surface area (Å²) in [6.45, 7) is 3.24. The second-order valence-electron chi connectivity index (χ2n) is 5.42. The Balaban J connectivity index is 1.71. The predicted octanol–water partition coefficient (Wildman–Crippen LogP) is 3.17. The molecule has 1 unspecified atom stereocenters. The van der Waals surface area contributed by atoms with Crippen LogP contribution in [-0.4, -0.2) is 12.6 Å². The minimum absolute atomic E-state index is 0.106. The average Bonchev–Trinajstić information content (AvgIpc) is 2.39. The molecule has 0 radical (unpaired) electrons. The molecule has 2 heteroatoms. The van der Waals surface area contributed by atoms with Gasteiger partial charge in [-0.25, -0.2) is 0 Å². The molecule has 1 heterocycles. The minimum atomic E-state index is 0.106. The van der Waals surface area contributed by atoms with E-state index in [1.807, 2.05) is 0 Å². The van der Waals surface area contributed by atoms with Gasteiger partial charge in [0.25, 0.3) is 0 Å². The minimum Gasteiger partial charge on any atom is -0.356 e. The smallest absolute Gasteiger partial charge is 0.134 e. The van der Waals surface area contributed by atoms with Crippen LogP contribution >= 0.6 is 0 Å². The predicted molar refractivity (Wildman–Crippen MR) is 68.8 cm³/mol. The lowest BCUT2D eigenvalue weighted by Crippen LogP contribution is -2.45. The first-order valence-electron chi connectivity index (χ1n) is 6.78. The summed E-state index contributed by atoms with van der Waals surface area (Å²) in [4.78, 5) is 0. The van der Waals surface area contributed by atoms with Crippen LogP contribution in [0.3, 0.4) is 0 Å². The quantitative estimate of drug-likeness (QED) is 0.801. The molecule has 2 aliphatic rings. The van der Waals surface area contributed by atoms with E-state index in [9.17, 15) is 0 Å². The van der Waals surface area contributed by atoms with Gasteiger partial charge < -0.3 is 4.74 Å². The third-order valence-corrected chi connectivity index (χ3v) is 4.10. The molecule has 0 aromatic heterocycles. The highest BCUT2D eigenvalue weighted by molar-refractivity contribution is 5.23. The zero-order chi connectivity index (χ0) is 11.7. The lowest BCUT2D eigenvalue weighted by molar-refractivity contribution is -0.109. The molecule has 3 atom stereocenters. The third-order valence-electron chi connectivity index (χ3n) is 4.10. The Morgan fingerprint density at radius 3 is 2.71 bits per heavy atom. The normalized spacial score (nSPS) is 33.1. The van der Waals surface area contributed by atoms with Gasteiger partial charge in [0.1, 0.15) is 6.23 Å². The van der Waals surface area contributed by atoms with Crippen LogP contribution in [0.5, 0.6) is 0 Å². The van der Waals surface area contributed by atoms with E-state index in [-0.39, 0.29) is 6.23 Å². The molecular weight excluding hydrogens is 210 g/mol. The Morgan fingerprint density at radius 2 is 1.88 bits per heavy atom. The molecule has 1 aromatic carbocycles. The maximum Gasteiger partial charge on any atom is 0.134 e. The molecule has 92 valence electrons. The third kappa shape index (κ3) is 2.38. The van der Waals surface area contributed by atoms with Gasteiger partial charge in [0.15, 0.2) is 0 Å². The molecule has 1 saturated heterocycles. The highest BCUT2D eigenvalue weighted by Crippen LogP contribution is 2.33. The fourth-order valence-corrected chi connectivity index (χ4v) is 3.01. The van der Waals surface area contributed by atoms with Crippen molar-refractivity contribution in [3.05, 3.63) is 35.4 Å². The van der Waals surface area contributed by atoms with E-state index in [2.05, 4.69) is 36.5 Å². The van der Waals surface area contributed by atoms with Crippen molar-refractivity contribution in [2.45, 2.75) is 44.9 Å². The Labute approximate surface area is 103 Å². The van der Waals surface area contributed by atoms with Crippen LogP contribution in [0.15, 0.2) is 24.3 Å². The van der Waals surface area contributed by atoms with E-state index in [0.717, 1.165) is 12.5 Å². The molecule has 1 N–H and O–H groups in total. The van der Waals surface area contributed by atoms with E-state index < -0.39 is 0 Å². The van der Waals surface area contributed by atoms with Crippen molar-refractivity contribution in [2.24, 2.45) is 5.92 Å². The van der Waals surface area contributed by atoms with Gasteiger partial charge in [-0.1, -0.05) is 42.7 Å². The van der Waals surface area contributed by atoms with Crippen molar-refractivity contribution in [3.63, 3.8) is 0 Å². The number of rotatable bonds is 1. The van der Waals surface area contributed by atoms with E-state index >= 15 is 0 Å². The van der Waals surface area contributed by atoms with Crippen molar-refractivity contribution >= 4 is 0 Å². The molecule has 2 nitrogen and oxygen atoms in total. The molecule has 0 bridgehead atoms. The highest BCUT2D eigenvalue weighted by atomic mass is 16.5. The van der Waals surface area contributed by atoms with Crippen molar-refractivity contribution in [1.29, 1.82) is 0 Å². The number of aryl methyl sites for hydroxylation is 1. The van der Waals surface area contributed by atoms with Gasteiger partial charge in [-0.15, -0.1) is 0 Å². The first kappa shape index (κ1) is 11.2. The molecule has 3 rings (SSSR count). The van der Waals surface area contributed by atoms with Crippen molar-refractivity contribution in [1.82, 2.24) is 5.32 Å². The molecule has 0 spiro atoms. The lowest BCUT2D eigenvalue weighted by Gasteiger charge is -2.40. The van der Waals surface area contributed by atoms with E-state index in [1.54, 1.807) is 0 Å². The standard InChI is InChI=1S/C15H21NO/c1-11-6-8-12(9-7-11)15-16-10-13-4-2-3-5-14(13)17-15/h6-9,13-16H,2-5,10H2,1H3/t13-,14+,15?/m1/s1. The van der Waals surface area contributed by atoms with Crippen LogP contribution in [0, 0.1) is 12.8 Å². The molecule has 0 amide bonds. The number of benzene rings is 1. The topological polar surface area (TPSA) is 21.3 Å². The van der Waals surface area contributed by atoms with E-state index in [1.165, 1.54) is 36.8 Å². The molecule has 2 fully saturated rings.